The Hall–Kier alpha value is 0.370. The predicted octanol–water partition coefficient (Wildman–Crippen LogP) is 2.94. The Balaban J connectivity index is 2.78. The third-order valence-electron chi connectivity index (χ3n) is 1.08. The van der Waals surface area contributed by atoms with Crippen molar-refractivity contribution in [2.45, 2.75) is 9.41 Å². The summed E-state index contributed by atoms with van der Waals surface area (Å²) in [7, 11) is 0. The maximum absolute atomic E-state index is 13.0. The molecule has 0 spiro atoms. The second-order valence-corrected chi connectivity index (χ2v) is 4.02. The van der Waals surface area contributed by atoms with Crippen molar-refractivity contribution in [3.8, 4) is 0 Å². The molecule has 0 radical (unpaired) electrons. The number of allylic oxidation sites excluding steroid dienone is 4. The van der Waals surface area contributed by atoms with Crippen LogP contribution < -0.4 is 0 Å². The van der Waals surface area contributed by atoms with Crippen LogP contribution in [0.2, 0.25) is 0 Å². The highest BCUT2D eigenvalue weighted by atomic mass is 79.9. The van der Waals surface area contributed by atoms with Gasteiger partial charge in [0.2, 0.25) is 0 Å². The molecule has 9 heavy (non-hydrogen) atoms. The van der Waals surface area contributed by atoms with Crippen molar-refractivity contribution in [3.63, 3.8) is 0 Å². The van der Waals surface area contributed by atoms with Gasteiger partial charge in [0.1, 0.15) is 0 Å². The lowest BCUT2D eigenvalue weighted by atomic mass is 10.2. The molecule has 0 aromatic carbocycles. The molecule has 2 unspecified atom stereocenters. The zero-order valence-corrected chi connectivity index (χ0v) is 7.69. The number of hydrogen-bond acceptors (Lipinski definition) is 0. The van der Waals surface area contributed by atoms with E-state index >= 15 is 0 Å². The average molecular weight is 256 g/mol. The normalized spacial score (nSPS) is 41.4. The van der Waals surface area contributed by atoms with Crippen molar-refractivity contribution in [2.75, 3.05) is 0 Å². The third kappa shape index (κ3) is 1.64. The van der Waals surface area contributed by atoms with Crippen molar-refractivity contribution >= 4 is 31.9 Å². The van der Waals surface area contributed by atoms with Gasteiger partial charge in [0.05, 0.1) is 4.83 Å². The fourth-order valence-electron chi connectivity index (χ4n) is 0.566. The summed E-state index contributed by atoms with van der Waals surface area (Å²) in [4.78, 5) is -0.255. The Morgan fingerprint density at radius 1 is 1.44 bits per heavy atom. The lowest BCUT2D eigenvalue weighted by Crippen LogP contribution is -2.23. The van der Waals surface area contributed by atoms with Crippen LogP contribution in [0.4, 0.5) is 4.39 Å². The van der Waals surface area contributed by atoms with Crippen LogP contribution in [0.5, 0.6) is 0 Å². The summed E-state index contributed by atoms with van der Waals surface area (Å²) in [5.74, 6) is 0. The van der Waals surface area contributed by atoms with Crippen LogP contribution in [0.25, 0.3) is 0 Å². The van der Waals surface area contributed by atoms with Crippen molar-refractivity contribution in [1.29, 1.82) is 0 Å². The molecule has 0 heterocycles. The van der Waals surface area contributed by atoms with Gasteiger partial charge in [-0.3, -0.25) is 0 Å². The van der Waals surface area contributed by atoms with Gasteiger partial charge in [-0.2, -0.15) is 0 Å². The molecule has 0 amide bonds. The molecule has 2 atom stereocenters. The van der Waals surface area contributed by atoms with E-state index in [4.69, 9.17) is 0 Å². The SMILES string of the molecule is FC1(Br)C=CC=CC1Br. The summed E-state index contributed by atoms with van der Waals surface area (Å²) in [6.07, 6.45) is 6.69. The zero-order chi connectivity index (χ0) is 6.91. The number of alkyl halides is 3. The lowest BCUT2D eigenvalue weighted by molar-refractivity contribution is 0.377. The molecule has 0 nitrogen and oxygen atoms in total. The van der Waals surface area contributed by atoms with Crippen LogP contribution in [-0.2, 0) is 0 Å². The first-order chi connectivity index (χ1) is 4.13. The fourth-order valence-corrected chi connectivity index (χ4v) is 1.20. The van der Waals surface area contributed by atoms with E-state index in [0.29, 0.717) is 0 Å². The van der Waals surface area contributed by atoms with Crippen molar-refractivity contribution in [1.82, 2.24) is 0 Å². The van der Waals surface area contributed by atoms with Gasteiger partial charge in [0.25, 0.3) is 0 Å². The van der Waals surface area contributed by atoms with E-state index in [1.54, 1.807) is 18.2 Å². The summed E-state index contributed by atoms with van der Waals surface area (Å²) in [6.45, 7) is 0. The van der Waals surface area contributed by atoms with E-state index in [1.165, 1.54) is 6.08 Å². The minimum absolute atomic E-state index is 0.255. The van der Waals surface area contributed by atoms with Crippen molar-refractivity contribution in [3.05, 3.63) is 24.3 Å². The molecule has 1 aliphatic rings. The molecule has 50 valence electrons. The summed E-state index contributed by atoms with van der Waals surface area (Å²) >= 11 is 6.06. The number of hydrogen-bond donors (Lipinski definition) is 0. The van der Waals surface area contributed by atoms with Gasteiger partial charge >= 0.3 is 0 Å². The van der Waals surface area contributed by atoms with E-state index in [-0.39, 0.29) is 4.83 Å². The Morgan fingerprint density at radius 3 is 2.44 bits per heavy atom. The summed E-state index contributed by atoms with van der Waals surface area (Å²) < 4.78 is 11.6. The Labute approximate surface area is 70.1 Å². The topological polar surface area (TPSA) is 0 Å². The van der Waals surface area contributed by atoms with E-state index in [0.717, 1.165) is 0 Å². The molecule has 0 aromatic rings. The Morgan fingerprint density at radius 2 is 2.11 bits per heavy atom. The maximum atomic E-state index is 13.0. The summed E-state index contributed by atoms with van der Waals surface area (Å²) in [5.41, 5.74) is 0. The molecule has 0 N–H and O–H groups in total. The van der Waals surface area contributed by atoms with E-state index in [1.807, 2.05) is 0 Å². The molecule has 0 saturated carbocycles. The minimum Gasteiger partial charge on any atom is -0.225 e. The molecule has 0 fully saturated rings. The number of rotatable bonds is 0. The third-order valence-corrected chi connectivity index (χ3v) is 3.42. The molecule has 3 heteroatoms. The Bertz CT molecular complexity index is 160. The van der Waals surface area contributed by atoms with Crippen molar-refractivity contribution < 1.29 is 4.39 Å². The van der Waals surface area contributed by atoms with Gasteiger partial charge in [0.15, 0.2) is 4.58 Å². The highest BCUT2D eigenvalue weighted by molar-refractivity contribution is 9.12. The average Bonchev–Trinajstić information content (AvgIpc) is 1.77. The van der Waals surface area contributed by atoms with E-state index in [9.17, 15) is 4.39 Å². The monoisotopic (exact) mass is 254 g/mol. The molecular formula is C6H5Br2F. The van der Waals surface area contributed by atoms with Gasteiger partial charge in [-0.1, -0.05) is 34.2 Å². The van der Waals surface area contributed by atoms with Crippen LogP contribution in [-0.4, -0.2) is 9.41 Å². The Kier molecular flexibility index (Phi) is 2.11. The van der Waals surface area contributed by atoms with Crippen LogP contribution in [0.3, 0.4) is 0 Å². The second kappa shape index (κ2) is 2.54. The highest BCUT2D eigenvalue weighted by Gasteiger charge is 2.30. The van der Waals surface area contributed by atoms with Crippen LogP contribution >= 0.6 is 31.9 Å². The minimum atomic E-state index is -1.40. The summed E-state index contributed by atoms with van der Waals surface area (Å²) in [5, 5.41) is 0. The largest absolute Gasteiger partial charge is 0.225 e. The van der Waals surface area contributed by atoms with Gasteiger partial charge < -0.3 is 0 Å². The molecule has 1 rings (SSSR count). The standard InChI is InChI=1S/C6H5Br2F/c7-5-3-1-2-4-6(5,8)9/h1-5H. The quantitative estimate of drug-likeness (QED) is 0.584. The molecule has 0 saturated heterocycles. The molecule has 0 bridgehead atoms. The van der Waals surface area contributed by atoms with Gasteiger partial charge in [-0.15, -0.1) is 0 Å². The smallest absolute Gasteiger partial charge is 0.199 e. The van der Waals surface area contributed by atoms with Crippen LogP contribution in [0.15, 0.2) is 24.3 Å². The van der Waals surface area contributed by atoms with E-state index in [2.05, 4.69) is 31.9 Å². The number of halogens is 3. The fraction of sp³-hybridized carbons (Fsp3) is 0.333. The first kappa shape index (κ1) is 7.48. The second-order valence-electron chi connectivity index (χ2n) is 1.82. The lowest BCUT2D eigenvalue weighted by Gasteiger charge is -2.19. The predicted molar refractivity (Wildman–Crippen MR) is 43.8 cm³/mol. The van der Waals surface area contributed by atoms with Gasteiger partial charge in [-0.05, 0) is 22.0 Å². The molecule has 0 aromatic heterocycles. The van der Waals surface area contributed by atoms with Gasteiger partial charge in [0, 0.05) is 0 Å². The highest BCUT2D eigenvalue weighted by Crippen LogP contribution is 2.34. The molecule has 1 aliphatic carbocycles. The van der Waals surface area contributed by atoms with Crippen LogP contribution in [0.1, 0.15) is 0 Å². The van der Waals surface area contributed by atoms with Gasteiger partial charge in [-0.25, -0.2) is 4.39 Å². The molecule has 0 aliphatic heterocycles. The maximum Gasteiger partial charge on any atom is 0.199 e. The first-order valence-electron chi connectivity index (χ1n) is 2.51. The van der Waals surface area contributed by atoms with Crippen molar-refractivity contribution in [2.24, 2.45) is 0 Å². The zero-order valence-electron chi connectivity index (χ0n) is 4.52. The van der Waals surface area contributed by atoms with Crippen LogP contribution in [0, 0.1) is 0 Å². The molecular weight excluding hydrogens is 251 g/mol. The van der Waals surface area contributed by atoms with E-state index < -0.39 is 4.58 Å². The summed E-state index contributed by atoms with van der Waals surface area (Å²) in [6, 6.07) is 0. The first-order valence-corrected chi connectivity index (χ1v) is 4.22.